The third-order valence-electron chi connectivity index (χ3n) is 4.19. The van der Waals surface area contributed by atoms with Crippen molar-refractivity contribution in [1.82, 2.24) is 15.2 Å². The van der Waals surface area contributed by atoms with Crippen LogP contribution in [0.2, 0.25) is 0 Å². The Balaban J connectivity index is 2.14. The summed E-state index contributed by atoms with van der Waals surface area (Å²) < 4.78 is 11.9. The van der Waals surface area contributed by atoms with Gasteiger partial charge in [-0.05, 0) is 27.7 Å². The molecule has 7 nitrogen and oxygen atoms in total. The Morgan fingerprint density at radius 3 is 2.52 bits per heavy atom. The molecule has 1 radical (unpaired) electrons. The summed E-state index contributed by atoms with van der Waals surface area (Å²) >= 11 is 0. The van der Waals surface area contributed by atoms with Crippen LogP contribution < -0.4 is 11.2 Å². The van der Waals surface area contributed by atoms with Crippen LogP contribution in [0.25, 0.3) is 11.0 Å². The molecule has 2 aromatic heterocycles. The summed E-state index contributed by atoms with van der Waals surface area (Å²) in [4.78, 5) is 16.0. The Labute approximate surface area is 122 Å². The first-order chi connectivity index (χ1) is 9.73. The Morgan fingerprint density at radius 2 is 1.95 bits per heavy atom. The van der Waals surface area contributed by atoms with Gasteiger partial charge in [0.25, 0.3) is 0 Å². The fraction of sp³-hybridized carbons (Fsp3) is 0.462. The number of carbonyl (C=O) groups is 1. The molecule has 1 amide bonds. The number of aromatic nitrogens is 3. The topological polar surface area (TPSA) is 103 Å². The predicted molar refractivity (Wildman–Crippen MR) is 77.0 cm³/mol. The van der Waals surface area contributed by atoms with Crippen LogP contribution in [0.3, 0.4) is 0 Å². The molecule has 2 aromatic rings. The van der Waals surface area contributed by atoms with Crippen molar-refractivity contribution in [3.63, 3.8) is 0 Å². The number of nitrogens with two attached hydrogens (primary N) is 1. The summed E-state index contributed by atoms with van der Waals surface area (Å²) in [5, 5.41) is 6.87. The van der Waals surface area contributed by atoms with Crippen molar-refractivity contribution >= 4 is 29.5 Å². The second-order valence-electron chi connectivity index (χ2n) is 6.10. The van der Waals surface area contributed by atoms with E-state index >= 15 is 0 Å². The molecule has 1 aliphatic heterocycles. The Morgan fingerprint density at radius 1 is 1.33 bits per heavy atom. The fourth-order valence-corrected chi connectivity index (χ4v) is 2.27. The highest BCUT2D eigenvalue weighted by Crippen LogP contribution is 2.36. The van der Waals surface area contributed by atoms with Gasteiger partial charge < -0.3 is 15.0 Å². The second kappa shape index (κ2) is 4.28. The van der Waals surface area contributed by atoms with E-state index in [2.05, 4.69) is 21.4 Å². The number of pyridine rings is 1. The molecule has 1 fully saturated rings. The Hall–Kier alpha value is -1.93. The maximum Gasteiger partial charge on any atom is 0.497 e. The minimum absolute atomic E-state index is 0.271. The number of amides is 1. The summed E-state index contributed by atoms with van der Waals surface area (Å²) in [5.74, 6) is -0.593. The molecule has 21 heavy (non-hydrogen) atoms. The molecule has 3 N–H and O–H groups in total. The van der Waals surface area contributed by atoms with E-state index < -0.39 is 24.2 Å². The molecule has 0 unspecified atom stereocenters. The van der Waals surface area contributed by atoms with Crippen LogP contribution in [0, 0.1) is 6.20 Å². The fourth-order valence-electron chi connectivity index (χ4n) is 2.27. The molecule has 0 atom stereocenters. The SMILES string of the molecule is CC1(C)OB(c2cnc3[nH]n[c]c3c2C(N)=O)OC1(C)C. The standard InChI is InChI=1S/C13H16BN4O3/c1-12(2)13(3,4)21-14(20-12)8-6-16-11-7(5-17-18-11)9(8)10(15)19/h6H,1-4H3,(H2,15,19)(H,16,17,18). The largest absolute Gasteiger partial charge is 0.497 e. The molecule has 0 spiro atoms. The number of fused-ring (bicyclic) bond motifs is 1. The molecule has 0 aliphatic carbocycles. The normalized spacial score (nSPS) is 20.1. The van der Waals surface area contributed by atoms with Gasteiger partial charge in [-0.25, -0.2) is 4.98 Å². The Kier molecular flexibility index (Phi) is 2.86. The predicted octanol–water partition coefficient (Wildman–Crippen LogP) is 0.156. The highest BCUT2D eigenvalue weighted by Gasteiger charge is 2.52. The molecule has 0 aromatic carbocycles. The molecule has 8 heteroatoms. The van der Waals surface area contributed by atoms with E-state index in [4.69, 9.17) is 15.0 Å². The van der Waals surface area contributed by atoms with Crippen molar-refractivity contribution in [3.05, 3.63) is 18.0 Å². The molecule has 109 valence electrons. The Bertz CT molecular complexity index is 709. The molecule has 3 heterocycles. The lowest BCUT2D eigenvalue weighted by Gasteiger charge is -2.32. The van der Waals surface area contributed by atoms with Crippen molar-refractivity contribution in [2.45, 2.75) is 38.9 Å². The summed E-state index contributed by atoms with van der Waals surface area (Å²) in [6.07, 6.45) is 4.22. The van der Waals surface area contributed by atoms with Gasteiger partial charge in [0.05, 0.1) is 22.2 Å². The number of hydrogen-bond donors (Lipinski definition) is 2. The molecule has 0 saturated carbocycles. The summed E-state index contributed by atoms with van der Waals surface area (Å²) in [7, 11) is -0.710. The third kappa shape index (κ3) is 2.02. The van der Waals surface area contributed by atoms with Crippen LogP contribution in [0.5, 0.6) is 0 Å². The molecule has 1 saturated heterocycles. The van der Waals surface area contributed by atoms with Crippen molar-refractivity contribution in [3.8, 4) is 0 Å². The van der Waals surface area contributed by atoms with E-state index in [9.17, 15) is 4.79 Å². The quantitative estimate of drug-likeness (QED) is 0.766. The van der Waals surface area contributed by atoms with Gasteiger partial charge in [-0.3, -0.25) is 9.89 Å². The maximum absolute atomic E-state index is 11.8. The first kappa shape index (κ1) is 14.0. The molecule has 1 aliphatic rings. The van der Waals surface area contributed by atoms with Crippen LogP contribution in [-0.4, -0.2) is 39.4 Å². The van der Waals surface area contributed by atoms with Gasteiger partial charge in [-0.2, -0.15) is 5.10 Å². The van der Waals surface area contributed by atoms with Gasteiger partial charge in [0.15, 0.2) is 5.65 Å². The number of hydrogen-bond acceptors (Lipinski definition) is 5. The number of nitrogens with one attached hydrogen (secondary N) is 1. The van der Waals surface area contributed by atoms with Gasteiger partial charge in [0, 0.05) is 11.7 Å². The van der Waals surface area contributed by atoms with Gasteiger partial charge in [-0.15, -0.1) is 0 Å². The zero-order valence-electron chi connectivity index (χ0n) is 12.4. The van der Waals surface area contributed by atoms with Gasteiger partial charge >= 0.3 is 7.12 Å². The van der Waals surface area contributed by atoms with E-state index in [0.717, 1.165) is 0 Å². The van der Waals surface area contributed by atoms with Crippen LogP contribution >= 0.6 is 0 Å². The summed E-state index contributed by atoms with van der Waals surface area (Å²) in [6, 6.07) is 0. The van der Waals surface area contributed by atoms with Crippen molar-refractivity contribution in [2.75, 3.05) is 0 Å². The number of H-pyrrole nitrogens is 1. The minimum Gasteiger partial charge on any atom is -0.399 e. The van der Waals surface area contributed by atoms with Crippen molar-refractivity contribution < 1.29 is 14.1 Å². The van der Waals surface area contributed by atoms with Gasteiger partial charge in [0.1, 0.15) is 6.20 Å². The first-order valence-electron chi connectivity index (χ1n) is 6.63. The highest BCUT2D eigenvalue weighted by atomic mass is 16.7. The average molecular weight is 287 g/mol. The van der Waals surface area contributed by atoms with Crippen LogP contribution in [0.15, 0.2) is 6.20 Å². The van der Waals surface area contributed by atoms with E-state index in [-0.39, 0.29) is 5.56 Å². The summed E-state index contributed by atoms with van der Waals surface area (Å²) in [6.45, 7) is 7.75. The first-order valence-corrected chi connectivity index (χ1v) is 6.63. The third-order valence-corrected chi connectivity index (χ3v) is 4.19. The molecule has 0 bridgehead atoms. The van der Waals surface area contributed by atoms with Gasteiger partial charge in [0.2, 0.25) is 5.91 Å². The van der Waals surface area contributed by atoms with E-state index in [1.165, 1.54) is 6.20 Å². The number of aromatic amines is 1. The van der Waals surface area contributed by atoms with Crippen molar-refractivity contribution in [2.24, 2.45) is 5.73 Å². The maximum atomic E-state index is 11.8. The lowest BCUT2D eigenvalue weighted by atomic mass is 9.76. The lowest BCUT2D eigenvalue weighted by molar-refractivity contribution is 0.00578. The lowest BCUT2D eigenvalue weighted by Crippen LogP contribution is -2.41. The molecular formula is C13H16BN4O3. The van der Waals surface area contributed by atoms with Crippen molar-refractivity contribution in [1.29, 1.82) is 0 Å². The highest BCUT2D eigenvalue weighted by molar-refractivity contribution is 6.64. The number of rotatable bonds is 2. The van der Waals surface area contributed by atoms with E-state index in [0.29, 0.717) is 16.5 Å². The molecular weight excluding hydrogens is 271 g/mol. The van der Waals surface area contributed by atoms with Crippen LogP contribution in [0.1, 0.15) is 38.1 Å². The number of carbonyl (C=O) groups excluding carboxylic acids is 1. The van der Waals surface area contributed by atoms with Gasteiger partial charge in [-0.1, -0.05) is 0 Å². The second-order valence-corrected chi connectivity index (χ2v) is 6.10. The zero-order valence-corrected chi connectivity index (χ0v) is 12.4. The monoisotopic (exact) mass is 287 g/mol. The van der Waals surface area contributed by atoms with Crippen LogP contribution in [0.4, 0.5) is 0 Å². The van der Waals surface area contributed by atoms with Crippen LogP contribution in [-0.2, 0) is 9.31 Å². The van der Waals surface area contributed by atoms with E-state index in [1.807, 2.05) is 27.7 Å². The zero-order chi connectivity index (χ0) is 15.4. The van der Waals surface area contributed by atoms with E-state index in [1.54, 1.807) is 0 Å². The molecule has 3 rings (SSSR count). The average Bonchev–Trinajstić information content (AvgIpc) is 2.90. The number of primary amides is 1. The summed E-state index contributed by atoms with van der Waals surface area (Å²) in [5.41, 5.74) is 5.69. The smallest absolute Gasteiger partial charge is 0.399 e. The number of nitrogens with zero attached hydrogens (tertiary/aromatic N) is 2. The minimum atomic E-state index is -0.710.